The Bertz CT molecular complexity index is 374. The van der Waals surface area contributed by atoms with Gasteiger partial charge in [0.25, 0.3) is 0 Å². The lowest BCUT2D eigenvalue weighted by Gasteiger charge is -2.28. The highest BCUT2D eigenvalue weighted by Gasteiger charge is 2.16. The number of rotatable bonds is 4. The first-order chi connectivity index (χ1) is 8.66. The Morgan fingerprint density at radius 1 is 1.39 bits per heavy atom. The molecular weight excluding hydrogens is 271 g/mol. The Kier molecular flexibility index (Phi) is 5.27. The van der Waals surface area contributed by atoms with Gasteiger partial charge >= 0.3 is 0 Å². The van der Waals surface area contributed by atoms with Gasteiger partial charge in [0.05, 0.1) is 12.7 Å². The molecular formula is C13H18Cl2N2O. The molecule has 1 heterocycles. The van der Waals surface area contributed by atoms with Gasteiger partial charge in [0.15, 0.2) is 0 Å². The van der Waals surface area contributed by atoms with E-state index in [9.17, 15) is 0 Å². The van der Waals surface area contributed by atoms with Crippen molar-refractivity contribution in [3.8, 4) is 0 Å². The van der Waals surface area contributed by atoms with Gasteiger partial charge in [-0.1, -0.05) is 29.3 Å². The van der Waals surface area contributed by atoms with Crippen LogP contribution >= 0.6 is 23.2 Å². The van der Waals surface area contributed by atoms with E-state index in [-0.39, 0.29) is 6.10 Å². The first-order valence-corrected chi connectivity index (χ1v) is 6.86. The molecule has 1 unspecified atom stereocenters. The zero-order valence-corrected chi connectivity index (χ0v) is 12.0. The zero-order valence-electron chi connectivity index (χ0n) is 10.5. The molecule has 1 N–H and O–H groups in total. The second kappa shape index (κ2) is 6.73. The van der Waals surface area contributed by atoms with Gasteiger partial charge in [0.2, 0.25) is 0 Å². The number of nitrogens with one attached hydrogen (secondary N) is 1. The number of nitrogens with zero attached hydrogens (tertiary/aromatic N) is 1. The van der Waals surface area contributed by atoms with Crippen LogP contribution in [0.5, 0.6) is 0 Å². The molecule has 0 amide bonds. The van der Waals surface area contributed by atoms with Crippen LogP contribution in [-0.4, -0.2) is 44.3 Å². The molecule has 1 fully saturated rings. The van der Waals surface area contributed by atoms with Crippen molar-refractivity contribution in [3.63, 3.8) is 0 Å². The minimum Gasteiger partial charge on any atom is -0.374 e. The lowest BCUT2D eigenvalue weighted by atomic mass is 10.2. The summed E-state index contributed by atoms with van der Waals surface area (Å²) >= 11 is 12.3. The number of halogens is 2. The first-order valence-electron chi connectivity index (χ1n) is 6.10. The molecule has 0 saturated carbocycles. The monoisotopic (exact) mass is 288 g/mol. The topological polar surface area (TPSA) is 24.5 Å². The zero-order chi connectivity index (χ0) is 13.0. The molecule has 18 heavy (non-hydrogen) atoms. The molecule has 3 nitrogen and oxygen atoms in total. The largest absolute Gasteiger partial charge is 0.374 e. The van der Waals surface area contributed by atoms with Gasteiger partial charge in [-0.25, -0.2) is 0 Å². The second-order valence-electron chi connectivity index (χ2n) is 4.59. The maximum atomic E-state index is 6.16. The van der Waals surface area contributed by atoms with Crippen molar-refractivity contribution in [2.45, 2.75) is 12.6 Å². The van der Waals surface area contributed by atoms with Crippen LogP contribution in [0.3, 0.4) is 0 Å². The summed E-state index contributed by atoms with van der Waals surface area (Å²) in [6, 6.07) is 5.60. The van der Waals surface area contributed by atoms with Gasteiger partial charge in [-0.3, -0.25) is 4.90 Å². The molecule has 5 heteroatoms. The van der Waals surface area contributed by atoms with Crippen LogP contribution in [0, 0.1) is 0 Å². The van der Waals surface area contributed by atoms with Gasteiger partial charge < -0.3 is 10.1 Å². The van der Waals surface area contributed by atoms with E-state index in [0.717, 1.165) is 48.4 Å². The molecule has 0 bridgehead atoms. The SMILES string of the molecule is CN(Cc1c(Cl)cccc1Cl)CC1CNCCO1. The number of hydrogen-bond donors (Lipinski definition) is 1. The first kappa shape index (κ1) is 14.1. The summed E-state index contributed by atoms with van der Waals surface area (Å²) in [6.45, 7) is 4.23. The third-order valence-electron chi connectivity index (χ3n) is 3.01. The quantitative estimate of drug-likeness (QED) is 0.921. The normalized spacial score (nSPS) is 20.3. The average Bonchev–Trinajstić information content (AvgIpc) is 2.35. The van der Waals surface area contributed by atoms with Crippen LogP contribution in [0.2, 0.25) is 10.0 Å². The molecule has 1 atom stereocenters. The Morgan fingerprint density at radius 3 is 2.72 bits per heavy atom. The van der Waals surface area contributed by atoms with Crippen molar-refractivity contribution in [1.82, 2.24) is 10.2 Å². The minimum absolute atomic E-state index is 0.241. The molecule has 0 spiro atoms. The van der Waals surface area contributed by atoms with Crippen LogP contribution in [0.25, 0.3) is 0 Å². The van der Waals surface area contributed by atoms with Crippen LogP contribution < -0.4 is 5.32 Å². The molecule has 0 aromatic heterocycles. The highest BCUT2D eigenvalue weighted by atomic mass is 35.5. The van der Waals surface area contributed by atoms with Gasteiger partial charge in [-0.05, 0) is 19.2 Å². The molecule has 1 aliphatic rings. The molecule has 2 rings (SSSR count). The fraction of sp³-hybridized carbons (Fsp3) is 0.538. The smallest absolute Gasteiger partial charge is 0.0826 e. The molecule has 1 aromatic rings. The van der Waals surface area contributed by atoms with Crippen molar-refractivity contribution >= 4 is 23.2 Å². The minimum atomic E-state index is 0.241. The summed E-state index contributed by atoms with van der Waals surface area (Å²) in [5, 5.41) is 4.76. The fourth-order valence-electron chi connectivity index (χ4n) is 2.10. The summed E-state index contributed by atoms with van der Waals surface area (Å²) in [6.07, 6.45) is 0.241. The van der Waals surface area contributed by atoms with Gasteiger partial charge in [-0.15, -0.1) is 0 Å². The highest BCUT2D eigenvalue weighted by Crippen LogP contribution is 2.25. The maximum absolute atomic E-state index is 6.16. The van der Waals surface area contributed by atoms with Crippen LogP contribution in [0.4, 0.5) is 0 Å². The number of likely N-dealkylation sites (N-methyl/N-ethyl adjacent to an activating group) is 1. The van der Waals surface area contributed by atoms with E-state index in [1.807, 2.05) is 18.2 Å². The van der Waals surface area contributed by atoms with E-state index in [1.54, 1.807) is 0 Å². The fourth-order valence-corrected chi connectivity index (χ4v) is 2.62. The molecule has 1 aromatic carbocycles. The Hall–Kier alpha value is -0.320. The van der Waals surface area contributed by atoms with E-state index >= 15 is 0 Å². The van der Waals surface area contributed by atoms with Gasteiger partial charge in [0.1, 0.15) is 0 Å². The second-order valence-corrected chi connectivity index (χ2v) is 5.41. The average molecular weight is 289 g/mol. The van der Waals surface area contributed by atoms with Crippen molar-refractivity contribution < 1.29 is 4.74 Å². The number of benzene rings is 1. The number of hydrogen-bond acceptors (Lipinski definition) is 3. The predicted octanol–water partition coefficient (Wildman–Crippen LogP) is 2.41. The maximum Gasteiger partial charge on any atom is 0.0826 e. The van der Waals surface area contributed by atoms with E-state index < -0.39 is 0 Å². The van der Waals surface area contributed by atoms with Crippen molar-refractivity contribution in [3.05, 3.63) is 33.8 Å². The summed E-state index contributed by atoms with van der Waals surface area (Å²) in [5.41, 5.74) is 0.979. The van der Waals surface area contributed by atoms with Crippen molar-refractivity contribution in [2.24, 2.45) is 0 Å². The van der Waals surface area contributed by atoms with E-state index in [2.05, 4.69) is 17.3 Å². The summed E-state index contributed by atoms with van der Waals surface area (Å²) in [4.78, 5) is 2.19. The molecule has 0 radical (unpaired) electrons. The van der Waals surface area contributed by atoms with E-state index in [1.165, 1.54) is 0 Å². The summed E-state index contributed by atoms with van der Waals surface area (Å²) in [7, 11) is 2.05. The lowest BCUT2D eigenvalue weighted by Crippen LogP contribution is -2.44. The van der Waals surface area contributed by atoms with Crippen LogP contribution in [0.1, 0.15) is 5.56 Å². The number of ether oxygens (including phenoxy) is 1. The van der Waals surface area contributed by atoms with Crippen LogP contribution in [0.15, 0.2) is 18.2 Å². The van der Waals surface area contributed by atoms with E-state index in [4.69, 9.17) is 27.9 Å². The standard InChI is InChI=1S/C13H18Cl2N2O/c1-17(8-10-7-16-5-6-18-10)9-11-12(14)3-2-4-13(11)15/h2-4,10,16H,5-9H2,1H3. The van der Waals surface area contributed by atoms with Gasteiger partial charge in [0, 0.05) is 41.8 Å². The Morgan fingerprint density at radius 2 is 2.11 bits per heavy atom. The van der Waals surface area contributed by atoms with Crippen LogP contribution in [-0.2, 0) is 11.3 Å². The Balaban J connectivity index is 1.92. The number of morpholine rings is 1. The summed E-state index contributed by atoms with van der Waals surface area (Å²) in [5.74, 6) is 0. The molecule has 1 saturated heterocycles. The van der Waals surface area contributed by atoms with Crippen molar-refractivity contribution in [2.75, 3.05) is 33.3 Å². The third-order valence-corrected chi connectivity index (χ3v) is 3.72. The molecule has 1 aliphatic heterocycles. The highest BCUT2D eigenvalue weighted by molar-refractivity contribution is 6.35. The molecule has 100 valence electrons. The molecule has 0 aliphatic carbocycles. The third kappa shape index (κ3) is 3.84. The summed E-state index contributed by atoms with van der Waals surface area (Å²) < 4.78 is 5.68. The Labute approximate surface area is 118 Å². The predicted molar refractivity (Wildman–Crippen MR) is 75.4 cm³/mol. The van der Waals surface area contributed by atoms with E-state index in [0.29, 0.717) is 0 Å². The van der Waals surface area contributed by atoms with Crippen molar-refractivity contribution in [1.29, 1.82) is 0 Å². The van der Waals surface area contributed by atoms with Gasteiger partial charge in [-0.2, -0.15) is 0 Å². The lowest BCUT2D eigenvalue weighted by molar-refractivity contribution is 0.00885.